The van der Waals surface area contributed by atoms with Crippen LogP contribution in [-0.4, -0.2) is 61.0 Å². The number of hydrogen-bond acceptors (Lipinski definition) is 5. The molecule has 1 aromatic rings. The maximum absolute atomic E-state index is 12.5. The average Bonchev–Trinajstić information content (AvgIpc) is 2.58. The van der Waals surface area contributed by atoms with Crippen molar-refractivity contribution in [2.75, 3.05) is 26.8 Å². The Balaban J connectivity index is 1.82. The molecule has 0 radical (unpaired) electrons. The van der Waals surface area contributed by atoms with E-state index < -0.39 is 19.1 Å². The zero-order valence-corrected chi connectivity index (χ0v) is 16.4. The third-order valence-corrected chi connectivity index (χ3v) is 5.07. The molecule has 0 amide bonds. The molecule has 0 aromatic heterocycles. The van der Waals surface area contributed by atoms with Gasteiger partial charge in [0.2, 0.25) is 0 Å². The summed E-state index contributed by atoms with van der Waals surface area (Å²) in [6, 6.07) is 3.73. The van der Waals surface area contributed by atoms with Crippen molar-refractivity contribution in [3.8, 4) is 11.5 Å². The molecule has 3 atom stereocenters. The summed E-state index contributed by atoms with van der Waals surface area (Å²) in [5.74, 6) is 0.786. The molecule has 2 aliphatic rings. The largest absolute Gasteiger partial charge is 0.493 e. The van der Waals surface area contributed by atoms with Gasteiger partial charge in [0.1, 0.15) is 6.61 Å². The molecule has 1 saturated heterocycles. The van der Waals surface area contributed by atoms with Crippen molar-refractivity contribution in [2.45, 2.75) is 63.9 Å². The minimum absolute atomic E-state index is 0.0571. The number of piperidine rings is 1. The molecule has 3 unspecified atom stereocenters. The minimum atomic E-state index is -2.53. The van der Waals surface area contributed by atoms with E-state index in [2.05, 4.69) is 4.90 Å². The number of ether oxygens (including phenoxy) is 3. The first-order valence-corrected chi connectivity index (χ1v) is 9.39. The van der Waals surface area contributed by atoms with Crippen LogP contribution in [0.5, 0.6) is 11.5 Å². The van der Waals surface area contributed by atoms with Crippen molar-refractivity contribution in [3.05, 3.63) is 23.3 Å². The van der Waals surface area contributed by atoms with E-state index in [1.807, 2.05) is 26.8 Å². The number of nitrogens with zero attached hydrogens (tertiary/aromatic N) is 1. The number of alkyl halides is 2. The maximum Gasteiger partial charge on any atom is 0.272 e. The van der Waals surface area contributed by atoms with Gasteiger partial charge in [-0.15, -0.1) is 0 Å². The smallest absolute Gasteiger partial charge is 0.272 e. The first-order chi connectivity index (χ1) is 12.7. The van der Waals surface area contributed by atoms with Crippen LogP contribution in [0, 0.1) is 0 Å². The van der Waals surface area contributed by atoms with Crippen LogP contribution >= 0.6 is 0 Å². The van der Waals surface area contributed by atoms with Crippen LogP contribution in [0.1, 0.15) is 44.4 Å². The summed E-state index contributed by atoms with van der Waals surface area (Å²) >= 11 is 0. The van der Waals surface area contributed by atoms with Crippen LogP contribution < -0.4 is 9.47 Å². The number of benzene rings is 1. The van der Waals surface area contributed by atoms with E-state index >= 15 is 0 Å². The highest BCUT2D eigenvalue weighted by Gasteiger charge is 2.40. The van der Waals surface area contributed by atoms with E-state index in [4.69, 9.17) is 14.2 Å². The van der Waals surface area contributed by atoms with Crippen LogP contribution in [0.25, 0.3) is 0 Å². The van der Waals surface area contributed by atoms with Gasteiger partial charge in [0.25, 0.3) is 6.43 Å². The van der Waals surface area contributed by atoms with E-state index in [1.54, 1.807) is 6.07 Å². The summed E-state index contributed by atoms with van der Waals surface area (Å²) in [5.41, 5.74) is 1.81. The van der Waals surface area contributed by atoms with E-state index in [0.29, 0.717) is 24.5 Å². The molecule has 7 heteroatoms. The number of aliphatic hydroxyl groups excluding tert-OH is 1. The summed E-state index contributed by atoms with van der Waals surface area (Å²) in [6.45, 7) is 6.80. The summed E-state index contributed by atoms with van der Waals surface area (Å²) < 4.78 is 41.6. The van der Waals surface area contributed by atoms with Gasteiger partial charge >= 0.3 is 0 Å². The lowest BCUT2D eigenvalue weighted by molar-refractivity contribution is -0.149. The minimum Gasteiger partial charge on any atom is -0.493 e. The zero-order chi connectivity index (χ0) is 19.8. The standard InChI is InChI=1S/C20H29F2NO4/c1-20(2,3)27-18-10-23-6-5-12-7-17(26-11-19(21)22)16(25-4)8-13(12)14(23)9-15(18)24/h7-8,14-15,18-19,24H,5-6,9-11H2,1-4H3. The van der Waals surface area contributed by atoms with Gasteiger partial charge in [-0.2, -0.15) is 0 Å². The molecule has 2 heterocycles. The molecule has 5 nitrogen and oxygen atoms in total. The Hall–Kier alpha value is -1.44. The first kappa shape index (κ1) is 20.3. The molecule has 1 aromatic carbocycles. The normalized spacial score (nSPS) is 25.9. The van der Waals surface area contributed by atoms with Gasteiger partial charge in [0.15, 0.2) is 11.5 Å². The van der Waals surface area contributed by atoms with E-state index in [1.165, 1.54) is 7.11 Å². The molecule has 27 heavy (non-hydrogen) atoms. The number of methoxy groups -OCH3 is 1. The van der Waals surface area contributed by atoms with E-state index in [-0.39, 0.29) is 17.7 Å². The number of fused-ring (bicyclic) bond motifs is 3. The lowest BCUT2D eigenvalue weighted by atomic mass is 9.84. The fraction of sp³-hybridized carbons (Fsp3) is 0.700. The lowest BCUT2D eigenvalue weighted by Gasteiger charge is -2.46. The Morgan fingerprint density at radius 3 is 2.63 bits per heavy atom. The van der Waals surface area contributed by atoms with Gasteiger partial charge in [-0.1, -0.05) is 0 Å². The number of rotatable bonds is 5. The second-order valence-electron chi connectivity index (χ2n) is 8.24. The molecule has 0 bridgehead atoms. The molecule has 1 fully saturated rings. The highest BCUT2D eigenvalue weighted by atomic mass is 19.3. The molecule has 3 rings (SSSR count). The van der Waals surface area contributed by atoms with Gasteiger partial charge in [0, 0.05) is 19.1 Å². The van der Waals surface area contributed by atoms with Crippen LogP contribution in [-0.2, 0) is 11.2 Å². The van der Waals surface area contributed by atoms with Crippen LogP contribution in [0.2, 0.25) is 0 Å². The van der Waals surface area contributed by atoms with Crippen molar-refractivity contribution >= 4 is 0 Å². The highest BCUT2D eigenvalue weighted by Crippen LogP contribution is 2.42. The quantitative estimate of drug-likeness (QED) is 0.844. The van der Waals surface area contributed by atoms with E-state index in [0.717, 1.165) is 24.1 Å². The second-order valence-corrected chi connectivity index (χ2v) is 8.24. The summed E-state index contributed by atoms with van der Waals surface area (Å²) in [6.07, 6.45) is -1.96. The summed E-state index contributed by atoms with van der Waals surface area (Å²) in [5, 5.41) is 10.6. The Labute approximate surface area is 159 Å². The Morgan fingerprint density at radius 1 is 1.26 bits per heavy atom. The van der Waals surface area contributed by atoms with Gasteiger partial charge < -0.3 is 19.3 Å². The Bertz CT molecular complexity index is 662. The maximum atomic E-state index is 12.5. The van der Waals surface area contributed by atoms with Gasteiger partial charge in [-0.05, 0) is 56.9 Å². The molecular formula is C20H29F2NO4. The number of hydrogen-bond donors (Lipinski definition) is 1. The van der Waals surface area contributed by atoms with Crippen LogP contribution in [0.3, 0.4) is 0 Å². The monoisotopic (exact) mass is 385 g/mol. The Kier molecular flexibility index (Phi) is 5.93. The van der Waals surface area contributed by atoms with Crippen molar-refractivity contribution in [1.82, 2.24) is 4.90 Å². The predicted molar refractivity (Wildman–Crippen MR) is 97.8 cm³/mol. The Morgan fingerprint density at radius 2 is 2.00 bits per heavy atom. The number of halogens is 2. The molecule has 0 saturated carbocycles. The van der Waals surface area contributed by atoms with Gasteiger partial charge in [-0.3, -0.25) is 4.90 Å². The third-order valence-electron chi connectivity index (χ3n) is 5.07. The van der Waals surface area contributed by atoms with Crippen molar-refractivity contribution in [3.63, 3.8) is 0 Å². The first-order valence-electron chi connectivity index (χ1n) is 9.39. The van der Waals surface area contributed by atoms with Crippen molar-refractivity contribution in [1.29, 1.82) is 0 Å². The highest BCUT2D eigenvalue weighted by molar-refractivity contribution is 5.49. The zero-order valence-electron chi connectivity index (χ0n) is 16.4. The molecular weight excluding hydrogens is 356 g/mol. The van der Waals surface area contributed by atoms with Gasteiger partial charge in [0.05, 0.1) is 24.9 Å². The predicted octanol–water partition coefficient (Wildman–Crippen LogP) is 3.19. The molecule has 0 spiro atoms. The number of aliphatic hydroxyl groups is 1. The molecule has 0 aliphatic carbocycles. The van der Waals surface area contributed by atoms with Crippen molar-refractivity contribution < 1.29 is 28.1 Å². The molecule has 152 valence electrons. The third kappa shape index (κ3) is 4.70. The molecule has 1 N–H and O–H groups in total. The topological polar surface area (TPSA) is 51.2 Å². The van der Waals surface area contributed by atoms with Crippen LogP contribution in [0.15, 0.2) is 12.1 Å². The molecule has 2 aliphatic heterocycles. The van der Waals surface area contributed by atoms with Gasteiger partial charge in [-0.25, -0.2) is 8.78 Å². The second kappa shape index (κ2) is 7.89. The van der Waals surface area contributed by atoms with E-state index in [9.17, 15) is 13.9 Å². The fourth-order valence-corrected chi connectivity index (χ4v) is 3.98. The summed E-state index contributed by atoms with van der Waals surface area (Å²) in [7, 11) is 1.50. The summed E-state index contributed by atoms with van der Waals surface area (Å²) in [4.78, 5) is 2.32. The SMILES string of the molecule is COc1cc2c(cc1OCC(F)F)CCN1CC(OC(C)(C)C)C(O)CC21. The van der Waals surface area contributed by atoms with Crippen LogP contribution in [0.4, 0.5) is 8.78 Å². The average molecular weight is 385 g/mol. The fourth-order valence-electron chi connectivity index (χ4n) is 3.98. The van der Waals surface area contributed by atoms with Crippen molar-refractivity contribution in [2.24, 2.45) is 0 Å². The lowest BCUT2D eigenvalue weighted by Crippen LogP contribution is -2.53.